The van der Waals surface area contributed by atoms with Gasteiger partial charge in [-0.05, 0) is 17.7 Å². The number of hydrogen-bond donors (Lipinski definition) is 1. The lowest BCUT2D eigenvalue weighted by atomic mass is 10.2. The second kappa shape index (κ2) is 5.90. The normalized spacial score (nSPS) is 11.2. The third-order valence-corrected chi connectivity index (χ3v) is 3.89. The first kappa shape index (κ1) is 15.1. The number of fused-ring (bicyclic) bond motifs is 3. The molecule has 0 aliphatic carbocycles. The highest BCUT2D eigenvalue weighted by molar-refractivity contribution is 5.82. The molecule has 0 saturated heterocycles. The molecule has 0 unspecified atom stereocenters. The number of rotatable bonds is 4. The second-order valence-corrected chi connectivity index (χ2v) is 5.57. The molecule has 1 N–H and O–H groups in total. The molecule has 3 heterocycles. The number of aromatic nitrogens is 3. The van der Waals surface area contributed by atoms with Crippen LogP contribution in [0.15, 0.2) is 58.2 Å². The summed E-state index contributed by atoms with van der Waals surface area (Å²) in [5.74, 6) is -0.758. The predicted molar refractivity (Wildman–Crippen MR) is 87.5 cm³/mol. The summed E-state index contributed by atoms with van der Waals surface area (Å²) < 4.78 is 21.1. The van der Waals surface area contributed by atoms with Crippen LogP contribution in [0.3, 0.4) is 0 Å². The molecule has 25 heavy (non-hydrogen) atoms. The van der Waals surface area contributed by atoms with Gasteiger partial charge in [-0.25, -0.2) is 9.07 Å². The molecule has 1 amide bonds. The SMILES string of the molecule is O=C(Cn1ncn2c(cc3occc32)c1=O)NCc1cccc(F)c1. The van der Waals surface area contributed by atoms with Crippen LogP contribution in [0.5, 0.6) is 0 Å². The van der Waals surface area contributed by atoms with Crippen LogP contribution in [0.25, 0.3) is 16.6 Å². The molecule has 0 fully saturated rings. The van der Waals surface area contributed by atoms with Gasteiger partial charge in [-0.15, -0.1) is 0 Å². The average molecular weight is 340 g/mol. The zero-order valence-corrected chi connectivity index (χ0v) is 13.0. The van der Waals surface area contributed by atoms with E-state index in [2.05, 4.69) is 10.4 Å². The number of amides is 1. The first-order valence-corrected chi connectivity index (χ1v) is 7.57. The molecular formula is C17H13FN4O3. The Kier molecular flexibility index (Phi) is 3.57. The quantitative estimate of drug-likeness (QED) is 0.613. The predicted octanol–water partition coefficient (Wildman–Crippen LogP) is 1.70. The lowest BCUT2D eigenvalue weighted by molar-refractivity contribution is -0.122. The van der Waals surface area contributed by atoms with E-state index in [4.69, 9.17) is 4.42 Å². The van der Waals surface area contributed by atoms with Crippen molar-refractivity contribution in [2.24, 2.45) is 0 Å². The highest BCUT2D eigenvalue weighted by Gasteiger charge is 2.12. The molecule has 3 aromatic heterocycles. The fourth-order valence-corrected chi connectivity index (χ4v) is 2.68. The minimum Gasteiger partial charge on any atom is -0.463 e. The van der Waals surface area contributed by atoms with Crippen LogP contribution in [-0.2, 0) is 17.9 Å². The number of nitrogens with one attached hydrogen (secondary N) is 1. The summed E-state index contributed by atoms with van der Waals surface area (Å²) in [5.41, 5.74) is 1.93. The fraction of sp³-hybridized carbons (Fsp3) is 0.118. The van der Waals surface area contributed by atoms with E-state index < -0.39 is 11.5 Å². The average Bonchev–Trinajstić information content (AvgIpc) is 3.17. The summed E-state index contributed by atoms with van der Waals surface area (Å²) >= 11 is 0. The van der Waals surface area contributed by atoms with Crippen LogP contribution in [0.1, 0.15) is 5.56 Å². The maximum absolute atomic E-state index is 13.1. The third-order valence-electron chi connectivity index (χ3n) is 3.89. The van der Waals surface area contributed by atoms with E-state index in [0.29, 0.717) is 16.7 Å². The number of halogens is 1. The number of carbonyl (C=O) groups excluding carboxylic acids is 1. The largest absolute Gasteiger partial charge is 0.463 e. The Hall–Kier alpha value is -3.42. The third kappa shape index (κ3) is 2.78. The van der Waals surface area contributed by atoms with E-state index in [1.165, 1.54) is 24.7 Å². The molecule has 0 saturated carbocycles. The summed E-state index contributed by atoms with van der Waals surface area (Å²) in [4.78, 5) is 24.5. The van der Waals surface area contributed by atoms with Gasteiger partial charge >= 0.3 is 0 Å². The number of benzene rings is 1. The van der Waals surface area contributed by atoms with Crippen molar-refractivity contribution in [1.29, 1.82) is 0 Å². The van der Waals surface area contributed by atoms with Gasteiger partial charge in [0.15, 0.2) is 5.58 Å². The van der Waals surface area contributed by atoms with Crippen LogP contribution in [0, 0.1) is 5.82 Å². The topological polar surface area (TPSA) is 81.5 Å². The molecule has 0 atom stereocenters. The van der Waals surface area contributed by atoms with E-state index in [9.17, 15) is 14.0 Å². The maximum atomic E-state index is 13.1. The van der Waals surface area contributed by atoms with Crippen molar-refractivity contribution in [3.05, 3.63) is 70.7 Å². The van der Waals surface area contributed by atoms with Gasteiger partial charge in [0.05, 0.1) is 11.8 Å². The first-order chi connectivity index (χ1) is 12.1. The van der Waals surface area contributed by atoms with Crippen molar-refractivity contribution >= 4 is 22.5 Å². The van der Waals surface area contributed by atoms with Crippen molar-refractivity contribution in [2.75, 3.05) is 0 Å². The molecule has 4 rings (SSSR count). The summed E-state index contributed by atoms with van der Waals surface area (Å²) in [6.07, 6.45) is 3.00. The first-order valence-electron chi connectivity index (χ1n) is 7.57. The highest BCUT2D eigenvalue weighted by Crippen LogP contribution is 2.18. The van der Waals surface area contributed by atoms with E-state index >= 15 is 0 Å². The van der Waals surface area contributed by atoms with Gasteiger partial charge in [0.2, 0.25) is 5.91 Å². The lowest BCUT2D eigenvalue weighted by Gasteiger charge is -2.07. The molecule has 8 heteroatoms. The van der Waals surface area contributed by atoms with Gasteiger partial charge in [0.25, 0.3) is 5.56 Å². The molecule has 0 aliphatic rings. The van der Waals surface area contributed by atoms with Crippen LogP contribution in [0.4, 0.5) is 4.39 Å². The summed E-state index contributed by atoms with van der Waals surface area (Å²) in [6.45, 7) is -0.0527. The number of hydrogen-bond acceptors (Lipinski definition) is 4. The summed E-state index contributed by atoms with van der Waals surface area (Å²) in [6, 6.07) is 9.29. The van der Waals surface area contributed by atoms with Crippen molar-refractivity contribution in [3.8, 4) is 0 Å². The van der Waals surface area contributed by atoms with E-state index in [1.54, 1.807) is 28.7 Å². The zero-order valence-electron chi connectivity index (χ0n) is 13.0. The summed E-state index contributed by atoms with van der Waals surface area (Å²) in [7, 11) is 0. The van der Waals surface area contributed by atoms with Crippen molar-refractivity contribution in [2.45, 2.75) is 13.1 Å². The number of carbonyl (C=O) groups is 1. The van der Waals surface area contributed by atoms with Crippen LogP contribution < -0.4 is 10.9 Å². The molecule has 1 aromatic carbocycles. The van der Waals surface area contributed by atoms with Gasteiger partial charge in [0, 0.05) is 18.7 Å². The lowest BCUT2D eigenvalue weighted by Crippen LogP contribution is -2.33. The van der Waals surface area contributed by atoms with Gasteiger partial charge < -0.3 is 9.73 Å². The molecule has 0 aliphatic heterocycles. The smallest absolute Gasteiger partial charge is 0.291 e. The Bertz CT molecular complexity index is 1140. The molecule has 0 radical (unpaired) electrons. The van der Waals surface area contributed by atoms with E-state index in [1.807, 2.05) is 0 Å². The Morgan fingerprint density at radius 2 is 2.12 bits per heavy atom. The van der Waals surface area contributed by atoms with Crippen LogP contribution >= 0.6 is 0 Å². The van der Waals surface area contributed by atoms with E-state index in [-0.39, 0.29) is 18.9 Å². The van der Waals surface area contributed by atoms with Crippen LogP contribution in [-0.4, -0.2) is 20.1 Å². The minimum absolute atomic E-state index is 0.172. The highest BCUT2D eigenvalue weighted by atomic mass is 19.1. The Morgan fingerprint density at radius 1 is 1.24 bits per heavy atom. The van der Waals surface area contributed by atoms with E-state index in [0.717, 1.165) is 10.2 Å². The second-order valence-electron chi connectivity index (χ2n) is 5.57. The molecule has 4 aromatic rings. The van der Waals surface area contributed by atoms with Crippen molar-refractivity contribution < 1.29 is 13.6 Å². The van der Waals surface area contributed by atoms with Gasteiger partial charge in [-0.2, -0.15) is 5.10 Å². The monoisotopic (exact) mass is 340 g/mol. The van der Waals surface area contributed by atoms with Gasteiger partial charge in [-0.1, -0.05) is 12.1 Å². The van der Waals surface area contributed by atoms with Gasteiger partial charge in [0.1, 0.15) is 24.2 Å². The molecular weight excluding hydrogens is 327 g/mol. The summed E-state index contributed by atoms with van der Waals surface area (Å²) in [5, 5.41) is 6.66. The fourth-order valence-electron chi connectivity index (χ4n) is 2.68. The zero-order chi connectivity index (χ0) is 17.4. The van der Waals surface area contributed by atoms with Crippen molar-refractivity contribution in [3.63, 3.8) is 0 Å². The van der Waals surface area contributed by atoms with Gasteiger partial charge in [-0.3, -0.25) is 14.0 Å². The number of furan rings is 1. The Balaban J connectivity index is 1.52. The van der Waals surface area contributed by atoms with Crippen LogP contribution in [0.2, 0.25) is 0 Å². The Labute approximate surface area is 140 Å². The van der Waals surface area contributed by atoms with Crippen molar-refractivity contribution in [1.82, 2.24) is 19.5 Å². The molecule has 0 spiro atoms. The minimum atomic E-state index is -0.394. The molecule has 0 bridgehead atoms. The molecule has 126 valence electrons. The standard InChI is InChI=1S/C17H13FN4O3/c18-12-3-1-2-11(6-12)8-19-16(23)9-22-17(24)14-7-15-13(4-5-25-15)21(14)10-20-22/h1-7,10H,8-9H2,(H,19,23). The maximum Gasteiger partial charge on any atom is 0.291 e. The molecule has 7 nitrogen and oxygen atoms in total. The number of nitrogens with zero attached hydrogens (tertiary/aromatic N) is 3. The Morgan fingerprint density at radius 3 is 2.96 bits per heavy atom.